The minimum atomic E-state index is -0.0662. The Labute approximate surface area is 76.5 Å². The molecule has 1 heterocycles. The van der Waals surface area contributed by atoms with Gasteiger partial charge in [0.15, 0.2) is 13.8 Å². The van der Waals surface area contributed by atoms with Crippen molar-refractivity contribution in [2.75, 3.05) is 27.2 Å². The number of carbonyl (C=O) groups is 1. The molecule has 0 bridgehead atoms. The summed E-state index contributed by atoms with van der Waals surface area (Å²) in [5.74, 6) is 0.134. The lowest BCUT2D eigenvalue weighted by Gasteiger charge is -2.19. The summed E-state index contributed by atoms with van der Waals surface area (Å²) in [5, 5.41) is 0. The van der Waals surface area contributed by atoms with E-state index in [0.717, 1.165) is 19.4 Å². The number of likely N-dealkylation sites (N-methyl/N-ethyl adjacent to an activating group) is 2. The van der Waals surface area contributed by atoms with E-state index < -0.39 is 0 Å². The van der Waals surface area contributed by atoms with Crippen LogP contribution in [0.2, 0.25) is 0 Å². The molecule has 12 heavy (non-hydrogen) atoms. The van der Waals surface area contributed by atoms with Gasteiger partial charge in [-0.3, -0.25) is 9.69 Å². The summed E-state index contributed by atoms with van der Waals surface area (Å²) < 4.78 is 7.23. The molecule has 2 radical (unpaired) electrons. The van der Waals surface area contributed by atoms with E-state index in [1.165, 1.54) is 4.81 Å². The number of rotatable bonds is 3. The first-order valence-electron chi connectivity index (χ1n) is 4.87. The molecule has 1 saturated heterocycles. The fourth-order valence-electron chi connectivity index (χ4n) is 1.54. The van der Waals surface area contributed by atoms with Gasteiger partial charge in [-0.1, -0.05) is 0 Å². The number of Topliss-reactive ketones (excluding diaryl/α,β-unsaturated/α-hetero) is 1. The Bertz CT molecular complexity index is 189. The van der Waals surface area contributed by atoms with Gasteiger partial charge in [-0.2, -0.15) is 0 Å². The van der Waals surface area contributed by atoms with Gasteiger partial charge in [0.05, 0.1) is 6.04 Å². The number of hydrogen-bond donors (Lipinski definition) is 0. The Hall–Kier alpha value is -0.345. The highest BCUT2D eigenvalue weighted by Crippen LogP contribution is 2.15. The molecule has 1 fully saturated rings. The van der Waals surface area contributed by atoms with E-state index in [4.69, 9.17) is 9.35 Å². The Kier molecular flexibility index (Phi) is 2.79. The molecular weight excluding hydrogens is 151 g/mol. The van der Waals surface area contributed by atoms with Crippen molar-refractivity contribution >= 4 is 13.8 Å². The van der Waals surface area contributed by atoms with Crippen molar-refractivity contribution in [3.05, 3.63) is 0 Å². The third-order valence-electron chi connectivity index (χ3n) is 2.14. The molecule has 1 atom stereocenters. The van der Waals surface area contributed by atoms with Gasteiger partial charge in [0.1, 0.15) is 0 Å². The molecule has 4 heteroatoms. The summed E-state index contributed by atoms with van der Waals surface area (Å²) in [6, 6.07) is -0.0662. The van der Waals surface area contributed by atoms with E-state index in [9.17, 15) is 4.79 Å². The first kappa shape index (κ1) is 8.26. The zero-order valence-corrected chi connectivity index (χ0v) is 7.49. The van der Waals surface area contributed by atoms with Gasteiger partial charge in [0, 0.05) is 7.92 Å². The Balaban J connectivity index is 2.45. The zero-order valence-electron chi connectivity index (χ0n) is 8.49. The van der Waals surface area contributed by atoms with Gasteiger partial charge >= 0.3 is 0 Å². The lowest BCUT2D eigenvalue weighted by molar-refractivity contribution is -0.122. The molecule has 66 valence electrons. The van der Waals surface area contributed by atoms with Crippen LogP contribution in [-0.4, -0.2) is 56.7 Å². The maximum Gasteiger partial charge on any atom is 0.182 e. The van der Waals surface area contributed by atoms with Gasteiger partial charge in [-0.05, 0) is 33.5 Å². The lowest BCUT2D eigenvalue weighted by Crippen LogP contribution is -2.38. The van der Waals surface area contributed by atoms with Crippen LogP contribution in [0.3, 0.4) is 0 Å². The van der Waals surface area contributed by atoms with E-state index in [1.807, 2.05) is 4.90 Å². The fraction of sp³-hybridized carbons (Fsp3) is 0.875. The van der Waals surface area contributed by atoms with E-state index in [0.29, 0.717) is 0 Å². The predicted octanol–water partition coefficient (Wildman–Crippen LogP) is -0.335. The van der Waals surface area contributed by atoms with Crippen molar-refractivity contribution in [2.24, 2.45) is 0 Å². The third kappa shape index (κ3) is 2.32. The van der Waals surface area contributed by atoms with Crippen LogP contribution in [0.5, 0.6) is 0 Å². The number of nitrogens with zero attached hydrogens (tertiary/aromatic N) is 2. The van der Waals surface area contributed by atoms with E-state index in [1.54, 1.807) is 7.05 Å². The summed E-state index contributed by atoms with van der Waals surface area (Å²) in [6.45, 7) is 1.15. The first-order valence-corrected chi connectivity index (χ1v) is 4.17. The van der Waals surface area contributed by atoms with E-state index >= 15 is 0 Å². The average molecular weight is 167 g/mol. The normalized spacial score (nSPS) is 26.2. The van der Waals surface area contributed by atoms with E-state index in [-0.39, 0.29) is 25.4 Å². The van der Waals surface area contributed by atoms with Gasteiger partial charge in [0.25, 0.3) is 0 Å². The third-order valence-corrected chi connectivity index (χ3v) is 2.14. The average Bonchev–Trinajstić information content (AvgIpc) is 2.49. The van der Waals surface area contributed by atoms with Crippen LogP contribution in [0.4, 0.5) is 0 Å². The predicted molar refractivity (Wildman–Crippen MR) is 49.0 cm³/mol. The molecule has 0 amide bonds. The summed E-state index contributed by atoms with van der Waals surface area (Å²) in [5.41, 5.74) is 0. The van der Waals surface area contributed by atoms with Crippen molar-refractivity contribution in [1.29, 1.82) is 0 Å². The fourth-order valence-corrected chi connectivity index (χ4v) is 1.54. The maximum atomic E-state index is 11.6. The summed E-state index contributed by atoms with van der Waals surface area (Å²) in [4.78, 5) is 14.9. The van der Waals surface area contributed by atoms with Crippen molar-refractivity contribution in [1.82, 2.24) is 9.71 Å². The number of carbonyl (C=O) groups excluding carboxylic acids is 1. The van der Waals surface area contributed by atoms with Crippen molar-refractivity contribution < 1.29 is 6.17 Å². The molecule has 0 N–H and O–H groups in total. The lowest BCUT2D eigenvalue weighted by atomic mass is 10.1. The molecule has 0 saturated carbocycles. The molecule has 0 aromatic carbocycles. The van der Waals surface area contributed by atoms with Crippen LogP contribution in [0.15, 0.2) is 0 Å². The molecule has 1 aliphatic rings. The molecule has 0 spiro atoms. The van der Waals surface area contributed by atoms with Crippen LogP contribution in [0.1, 0.15) is 14.2 Å². The summed E-state index contributed by atoms with van der Waals surface area (Å²) in [7, 11) is 7.29. The first-order chi connectivity index (χ1) is 6.15. The highest BCUT2D eigenvalue weighted by atomic mass is 16.1. The number of ketones is 1. The minimum absolute atomic E-state index is 0.0662. The van der Waals surface area contributed by atoms with Crippen molar-refractivity contribution in [3.63, 3.8) is 0 Å². The minimum Gasteiger partial charge on any atom is -0.350 e. The molecule has 1 aliphatic heterocycles. The van der Waals surface area contributed by atoms with Crippen LogP contribution < -0.4 is 0 Å². The largest absolute Gasteiger partial charge is 0.350 e. The molecule has 1 rings (SSSR count). The van der Waals surface area contributed by atoms with E-state index in [2.05, 4.69) is 0 Å². The van der Waals surface area contributed by atoms with Crippen LogP contribution in [0, 0.1) is 0 Å². The SMILES string of the molecule is [2H]CN1CCC[C@H]1C(=O)CN([B])C. The van der Waals surface area contributed by atoms with Crippen LogP contribution in [-0.2, 0) is 4.79 Å². The topological polar surface area (TPSA) is 23.6 Å². The maximum absolute atomic E-state index is 11.6. The molecule has 0 aromatic rings. The standard InChI is InChI=1S/C8H15BN2O/c1-10-5-3-4-7(10)8(12)6-11(2)9/h7H,3-6H2,1-2H3/t7-/m0/s1/i1D. The Morgan fingerprint density at radius 2 is 2.67 bits per heavy atom. The second kappa shape index (κ2) is 4.05. The summed E-state index contributed by atoms with van der Waals surface area (Å²) in [6.07, 6.45) is 1.90. The van der Waals surface area contributed by atoms with Crippen molar-refractivity contribution in [2.45, 2.75) is 18.9 Å². The van der Waals surface area contributed by atoms with Gasteiger partial charge in [-0.15, -0.1) is 0 Å². The Morgan fingerprint density at radius 3 is 3.25 bits per heavy atom. The highest BCUT2D eigenvalue weighted by molar-refractivity contribution is 6.06. The summed E-state index contributed by atoms with van der Waals surface area (Å²) >= 11 is 0. The Morgan fingerprint density at radius 1 is 1.92 bits per heavy atom. The quantitative estimate of drug-likeness (QED) is 0.537. The number of hydrogen-bond acceptors (Lipinski definition) is 3. The number of likely N-dealkylation sites (tertiary alicyclic amines) is 1. The monoisotopic (exact) mass is 167 g/mol. The highest BCUT2D eigenvalue weighted by Gasteiger charge is 2.27. The molecule has 0 aromatic heterocycles. The van der Waals surface area contributed by atoms with Crippen LogP contribution >= 0.6 is 0 Å². The van der Waals surface area contributed by atoms with Gasteiger partial charge in [-0.25, -0.2) is 0 Å². The van der Waals surface area contributed by atoms with Crippen molar-refractivity contribution in [3.8, 4) is 0 Å². The van der Waals surface area contributed by atoms with Gasteiger partial charge < -0.3 is 4.81 Å². The van der Waals surface area contributed by atoms with Crippen LogP contribution in [0.25, 0.3) is 0 Å². The second-order valence-corrected chi connectivity index (χ2v) is 3.35. The molecule has 0 unspecified atom stereocenters. The molecule has 3 nitrogen and oxygen atoms in total. The van der Waals surface area contributed by atoms with Gasteiger partial charge in [0.2, 0.25) is 0 Å². The smallest absolute Gasteiger partial charge is 0.182 e. The molecular formula is C8H15BN2O. The molecule has 0 aliphatic carbocycles. The zero-order chi connectivity index (χ0) is 9.84. The second-order valence-electron chi connectivity index (χ2n) is 3.35.